The average molecular weight is 536 g/mol. The van der Waals surface area contributed by atoms with Crippen LogP contribution in [0.1, 0.15) is 24.0 Å². The highest BCUT2D eigenvalue weighted by atomic mass is 35.5. The highest BCUT2D eigenvalue weighted by molar-refractivity contribution is 6.37. The van der Waals surface area contributed by atoms with Crippen LogP contribution in [0.3, 0.4) is 0 Å². The molecule has 0 radical (unpaired) electrons. The number of carboxylic acid groups (broad SMARTS) is 1. The minimum atomic E-state index is -1.13. The number of benzene rings is 3. The molecule has 1 aliphatic rings. The van der Waals surface area contributed by atoms with E-state index in [0.717, 1.165) is 28.5 Å². The van der Waals surface area contributed by atoms with Gasteiger partial charge in [0.2, 0.25) is 0 Å². The van der Waals surface area contributed by atoms with Crippen molar-refractivity contribution in [2.24, 2.45) is 5.92 Å². The molecule has 2 N–H and O–H groups in total. The van der Waals surface area contributed by atoms with Crippen LogP contribution in [0.25, 0.3) is 10.9 Å². The number of carbonyl (C=O) groups is 1. The fourth-order valence-electron chi connectivity index (χ4n) is 5.31. The second-order valence-corrected chi connectivity index (χ2v) is 10.0. The zero-order valence-electron chi connectivity index (χ0n) is 20.3. The lowest BCUT2D eigenvalue weighted by Gasteiger charge is -2.52. The molecule has 5 rings (SSSR count). The SMILES string of the molecule is COc1cc(NC2(c3ccc4cccnc4c3)C(C(=O)O)CCCN2Cc2ccccc2)c(Cl)cc1Cl. The molecule has 0 amide bonds. The van der Waals surface area contributed by atoms with Gasteiger partial charge in [0.15, 0.2) is 0 Å². The number of methoxy groups -OCH3 is 1. The smallest absolute Gasteiger partial charge is 0.310 e. The maximum absolute atomic E-state index is 12.9. The highest BCUT2D eigenvalue weighted by Crippen LogP contribution is 2.46. The third kappa shape index (κ3) is 4.85. The number of aromatic nitrogens is 1. The van der Waals surface area contributed by atoms with Crippen LogP contribution in [0.15, 0.2) is 79.0 Å². The normalized spacial score (nSPS) is 20.0. The van der Waals surface area contributed by atoms with E-state index in [1.54, 1.807) is 18.3 Å². The van der Waals surface area contributed by atoms with E-state index in [2.05, 4.69) is 27.3 Å². The van der Waals surface area contributed by atoms with Crippen molar-refractivity contribution in [2.45, 2.75) is 25.0 Å². The summed E-state index contributed by atoms with van der Waals surface area (Å²) in [5.41, 5.74) is 2.07. The first-order valence-electron chi connectivity index (χ1n) is 12.1. The number of fused-ring (bicyclic) bond motifs is 1. The number of carboxylic acids is 1. The van der Waals surface area contributed by atoms with Gasteiger partial charge in [0.25, 0.3) is 0 Å². The summed E-state index contributed by atoms with van der Waals surface area (Å²) >= 11 is 13.0. The van der Waals surface area contributed by atoms with E-state index in [9.17, 15) is 9.90 Å². The van der Waals surface area contributed by atoms with Crippen LogP contribution in [0.2, 0.25) is 10.0 Å². The van der Waals surface area contributed by atoms with Gasteiger partial charge in [0.05, 0.1) is 34.3 Å². The maximum atomic E-state index is 12.9. The molecule has 0 saturated carbocycles. The van der Waals surface area contributed by atoms with Gasteiger partial charge < -0.3 is 15.2 Å². The molecule has 37 heavy (non-hydrogen) atoms. The van der Waals surface area contributed by atoms with Gasteiger partial charge in [0, 0.05) is 30.7 Å². The number of hydrogen-bond acceptors (Lipinski definition) is 5. The molecule has 8 heteroatoms. The molecule has 1 aliphatic heterocycles. The zero-order valence-corrected chi connectivity index (χ0v) is 21.8. The van der Waals surface area contributed by atoms with Gasteiger partial charge in [0.1, 0.15) is 11.4 Å². The van der Waals surface area contributed by atoms with Crippen LogP contribution >= 0.6 is 23.2 Å². The van der Waals surface area contributed by atoms with E-state index in [4.69, 9.17) is 27.9 Å². The topological polar surface area (TPSA) is 74.7 Å². The average Bonchev–Trinajstić information content (AvgIpc) is 2.91. The number of anilines is 1. The first-order valence-corrected chi connectivity index (χ1v) is 12.9. The number of pyridine rings is 1. The lowest BCUT2D eigenvalue weighted by atomic mass is 9.77. The predicted octanol–water partition coefficient (Wildman–Crippen LogP) is 6.81. The molecule has 2 unspecified atom stereocenters. The van der Waals surface area contributed by atoms with Crippen molar-refractivity contribution >= 4 is 45.8 Å². The van der Waals surface area contributed by atoms with Crippen LogP contribution in [0.5, 0.6) is 5.75 Å². The first kappa shape index (κ1) is 25.3. The molecule has 0 spiro atoms. The Bertz CT molecular complexity index is 1430. The van der Waals surface area contributed by atoms with Crippen LogP contribution in [-0.2, 0) is 17.0 Å². The Hall–Kier alpha value is -3.32. The Morgan fingerprint density at radius 3 is 2.68 bits per heavy atom. The Kier molecular flexibility index (Phi) is 7.24. The van der Waals surface area contributed by atoms with Crippen molar-refractivity contribution in [1.29, 1.82) is 0 Å². The quantitative estimate of drug-likeness (QED) is 0.270. The summed E-state index contributed by atoms with van der Waals surface area (Å²) in [6.45, 7) is 1.23. The molecule has 0 aliphatic carbocycles. The van der Waals surface area contributed by atoms with Crippen LogP contribution in [0.4, 0.5) is 5.69 Å². The molecule has 3 aromatic carbocycles. The van der Waals surface area contributed by atoms with Crippen molar-refractivity contribution in [2.75, 3.05) is 19.0 Å². The Balaban J connectivity index is 1.74. The summed E-state index contributed by atoms with van der Waals surface area (Å²) < 4.78 is 5.45. The number of nitrogens with zero attached hydrogens (tertiary/aromatic N) is 2. The van der Waals surface area contributed by atoms with Gasteiger partial charge in [-0.25, -0.2) is 0 Å². The second kappa shape index (κ2) is 10.6. The monoisotopic (exact) mass is 535 g/mol. The van der Waals surface area contributed by atoms with E-state index >= 15 is 0 Å². The van der Waals surface area contributed by atoms with E-state index in [1.165, 1.54) is 7.11 Å². The number of nitrogens with one attached hydrogen (secondary N) is 1. The lowest BCUT2D eigenvalue weighted by Crippen LogP contribution is -2.61. The van der Waals surface area contributed by atoms with Crippen molar-refractivity contribution in [3.63, 3.8) is 0 Å². The summed E-state index contributed by atoms with van der Waals surface area (Å²) in [6, 6.07) is 23.2. The van der Waals surface area contributed by atoms with Crippen molar-refractivity contribution in [3.8, 4) is 5.75 Å². The number of halogens is 2. The first-order chi connectivity index (χ1) is 17.9. The maximum Gasteiger partial charge on any atom is 0.310 e. The number of hydrogen-bond donors (Lipinski definition) is 2. The van der Waals surface area contributed by atoms with E-state index in [0.29, 0.717) is 41.0 Å². The summed E-state index contributed by atoms with van der Waals surface area (Å²) in [5, 5.41) is 15.9. The molecule has 1 saturated heterocycles. The van der Waals surface area contributed by atoms with E-state index in [-0.39, 0.29) is 0 Å². The number of rotatable bonds is 7. The molecule has 1 fully saturated rings. The van der Waals surface area contributed by atoms with Gasteiger partial charge >= 0.3 is 5.97 Å². The second-order valence-electron chi connectivity index (χ2n) is 9.21. The molecule has 4 aromatic rings. The molecule has 190 valence electrons. The van der Waals surface area contributed by atoms with Gasteiger partial charge in [-0.1, -0.05) is 71.7 Å². The fraction of sp³-hybridized carbons (Fsp3) is 0.241. The Morgan fingerprint density at radius 1 is 1.11 bits per heavy atom. The molecule has 6 nitrogen and oxygen atoms in total. The number of likely N-dealkylation sites (tertiary alicyclic amines) is 1. The number of ether oxygens (including phenoxy) is 1. The van der Waals surface area contributed by atoms with E-state index < -0.39 is 17.6 Å². The van der Waals surface area contributed by atoms with Crippen LogP contribution in [0, 0.1) is 5.92 Å². The van der Waals surface area contributed by atoms with Gasteiger partial charge in [-0.3, -0.25) is 14.7 Å². The van der Waals surface area contributed by atoms with Crippen molar-refractivity contribution in [3.05, 3.63) is 100 Å². The number of aliphatic carboxylic acids is 1. The highest BCUT2D eigenvalue weighted by Gasteiger charge is 2.51. The largest absolute Gasteiger partial charge is 0.495 e. The predicted molar refractivity (Wildman–Crippen MR) is 147 cm³/mol. The molecule has 2 heterocycles. The third-order valence-corrected chi connectivity index (χ3v) is 7.66. The van der Waals surface area contributed by atoms with Crippen molar-refractivity contribution < 1.29 is 14.6 Å². The van der Waals surface area contributed by atoms with Crippen LogP contribution in [-0.4, -0.2) is 34.6 Å². The summed E-state index contributed by atoms with van der Waals surface area (Å²) in [7, 11) is 1.53. The van der Waals surface area contributed by atoms with Gasteiger partial charge in [-0.2, -0.15) is 0 Å². The molecule has 0 bridgehead atoms. The molecular formula is C29H27Cl2N3O3. The minimum absolute atomic E-state index is 0.374. The van der Waals surface area contributed by atoms with Gasteiger partial charge in [-0.05, 0) is 42.2 Å². The third-order valence-electron chi connectivity index (χ3n) is 7.05. The number of piperidine rings is 1. The van der Waals surface area contributed by atoms with Crippen molar-refractivity contribution in [1.82, 2.24) is 9.88 Å². The summed E-state index contributed by atoms with van der Waals surface area (Å²) in [6.07, 6.45) is 2.98. The zero-order chi connectivity index (χ0) is 26.0. The standard InChI is InChI=1S/C29H27Cl2N3O3/c1-37-27-17-26(23(30)16-24(27)31)33-29(21-12-11-20-9-5-13-32-25(20)15-21)22(28(35)36)10-6-14-34(29)18-19-7-3-2-4-8-19/h2-5,7-9,11-13,15-17,22,33H,6,10,14,18H2,1H3,(H,35,36). The van der Waals surface area contributed by atoms with E-state index in [1.807, 2.05) is 48.5 Å². The summed E-state index contributed by atoms with van der Waals surface area (Å²) in [4.78, 5) is 19.6. The molecule has 2 atom stereocenters. The Labute approximate surface area is 225 Å². The van der Waals surface area contributed by atoms with Gasteiger partial charge in [-0.15, -0.1) is 0 Å². The lowest BCUT2D eigenvalue weighted by molar-refractivity contribution is -0.151. The summed E-state index contributed by atoms with van der Waals surface area (Å²) in [5.74, 6) is -1.21. The fourth-order valence-corrected chi connectivity index (χ4v) is 5.82. The minimum Gasteiger partial charge on any atom is -0.495 e. The molecular weight excluding hydrogens is 509 g/mol. The van der Waals surface area contributed by atoms with Crippen LogP contribution < -0.4 is 10.1 Å². The molecule has 1 aromatic heterocycles. The Morgan fingerprint density at radius 2 is 1.92 bits per heavy atom.